The van der Waals surface area contributed by atoms with Crippen LogP contribution in [0.1, 0.15) is 19.8 Å². The Morgan fingerprint density at radius 3 is 2.76 bits per heavy atom. The van der Waals surface area contributed by atoms with Gasteiger partial charge in [0.1, 0.15) is 11.6 Å². The zero-order valence-corrected chi connectivity index (χ0v) is 14.4. The number of carbonyl (C=O) groups is 2. The minimum atomic E-state index is -0.838. The van der Waals surface area contributed by atoms with Crippen molar-refractivity contribution in [3.63, 3.8) is 0 Å². The number of carbonyl (C=O) groups excluding carboxylic acids is 1. The fourth-order valence-electron chi connectivity index (χ4n) is 3.06. The van der Waals surface area contributed by atoms with Gasteiger partial charge in [0.25, 0.3) is 0 Å². The van der Waals surface area contributed by atoms with Gasteiger partial charge in [-0.15, -0.1) is 0 Å². The lowest BCUT2D eigenvalue weighted by Crippen LogP contribution is -2.26. The molecule has 1 aromatic rings. The molecule has 0 bridgehead atoms. The van der Waals surface area contributed by atoms with E-state index < -0.39 is 23.5 Å². The van der Waals surface area contributed by atoms with Crippen LogP contribution in [0.15, 0.2) is 45.3 Å². The zero-order valence-electron chi connectivity index (χ0n) is 13.6. The second kappa shape index (κ2) is 7.00. The van der Waals surface area contributed by atoms with Crippen molar-refractivity contribution in [2.24, 2.45) is 5.92 Å². The van der Waals surface area contributed by atoms with E-state index in [-0.39, 0.29) is 17.1 Å². The van der Waals surface area contributed by atoms with Gasteiger partial charge < -0.3 is 10.0 Å². The molecular weight excluding hydrogens is 348 g/mol. The Hall–Kier alpha value is -2.15. The Labute approximate surface area is 148 Å². The number of allylic oxidation sites excluding steroid dienone is 3. The summed E-state index contributed by atoms with van der Waals surface area (Å²) in [4.78, 5) is 26.1. The molecule has 1 saturated heterocycles. The van der Waals surface area contributed by atoms with Crippen LogP contribution in [0, 0.1) is 17.6 Å². The number of rotatable bonds is 4. The van der Waals surface area contributed by atoms with E-state index in [0.717, 1.165) is 23.4 Å². The molecule has 7 heteroatoms. The topological polar surface area (TPSA) is 57.6 Å². The minimum absolute atomic E-state index is 0.107. The van der Waals surface area contributed by atoms with Crippen LogP contribution in [0.25, 0.3) is 0 Å². The number of benzene rings is 1. The predicted molar refractivity (Wildman–Crippen MR) is 89.9 cm³/mol. The number of nitrogens with zero attached hydrogens (tertiary/aromatic N) is 1. The van der Waals surface area contributed by atoms with E-state index in [9.17, 15) is 18.4 Å². The molecule has 1 fully saturated rings. The summed E-state index contributed by atoms with van der Waals surface area (Å²) in [6.07, 6.45) is 2.22. The lowest BCUT2D eigenvalue weighted by molar-refractivity contribution is -0.141. The number of likely N-dealkylation sites (tertiary alicyclic amines) is 1. The predicted octanol–water partition coefficient (Wildman–Crippen LogP) is 3.59. The number of carboxylic acids is 1. The number of ketones is 1. The van der Waals surface area contributed by atoms with Gasteiger partial charge in [0.2, 0.25) is 0 Å². The summed E-state index contributed by atoms with van der Waals surface area (Å²) in [6, 6.07) is 3.35. The maximum absolute atomic E-state index is 13.9. The Morgan fingerprint density at radius 1 is 1.36 bits per heavy atom. The summed E-state index contributed by atoms with van der Waals surface area (Å²) in [7, 11) is 0. The molecule has 4 nitrogen and oxygen atoms in total. The first kappa shape index (κ1) is 17.7. The van der Waals surface area contributed by atoms with Crippen LogP contribution in [0.3, 0.4) is 0 Å². The largest absolute Gasteiger partial charge is 0.481 e. The third-order valence-electron chi connectivity index (χ3n) is 4.44. The molecule has 1 aliphatic carbocycles. The van der Waals surface area contributed by atoms with Crippen molar-refractivity contribution in [3.8, 4) is 0 Å². The van der Waals surface area contributed by atoms with E-state index in [2.05, 4.69) is 0 Å². The molecule has 0 aromatic heterocycles. The summed E-state index contributed by atoms with van der Waals surface area (Å²) >= 11 is 1.11. The van der Waals surface area contributed by atoms with Crippen molar-refractivity contribution in [2.75, 3.05) is 13.1 Å². The quantitative estimate of drug-likeness (QED) is 0.884. The first-order chi connectivity index (χ1) is 11.8. The number of halogens is 2. The van der Waals surface area contributed by atoms with Gasteiger partial charge in [-0.25, -0.2) is 8.78 Å². The molecule has 1 heterocycles. The molecule has 0 saturated carbocycles. The van der Waals surface area contributed by atoms with Crippen LogP contribution >= 0.6 is 11.8 Å². The van der Waals surface area contributed by atoms with Crippen molar-refractivity contribution >= 4 is 23.5 Å². The van der Waals surface area contributed by atoms with Crippen LogP contribution < -0.4 is 0 Å². The standard InChI is InChI=1S/C18H17F2NO3S/c1-10-15(21-5-4-11(9-21)18(23)24)7-13(22)8-17(10)25-16-3-2-12(19)6-14(16)20/h2-3,6-7,11H,4-5,8-9H2,1H3,(H,23,24). The maximum Gasteiger partial charge on any atom is 0.308 e. The van der Waals surface area contributed by atoms with Gasteiger partial charge in [-0.2, -0.15) is 0 Å². The second-order valence-electron chi connectivity index (χ2n) is 6.17. The van der Waals surface area contributed by atoms with Crippen LogP contribution in [-0.2, 0) is 9.59 Å². The molecular formula is C18H17F2NO3S. The molecule has 1 atom stereocenters. The number of carboxylic acid groups (broad SMARTS) is 1. The van der Waals surface area contributed by atoms with Gasteiger partial charge in [0, 0.05) is 47.2 Å². The average Bonchev–Trinajstić information content (AvgIpc) is 3.03. The van der Waals surface area contributed by atoms with Crippen molar-refractivity contribution in [3.05, 3.63) is 52.1 Å². The highest BCUT2D eigenvalue weighted by atomic mass is 32.2. The summed E-state index contributed by atoms with van der Waals surface area (Å²) in [5, 5.41) is 9.15. The van der Waals surface area contributed by atoms with Crippen LogP contribution in [-0.4, -0.2) is 34.8 Å². The van der Waals surface area contributed by atoms with Gasteiger partial charge in [-0.3, -0.25) is 9.59 Å². The number of aliphatic carboxylic acids is 1. The molecule has 0 spiro atoms. The van der Waals surface area contributed by atoms with Crippen molar-refractivity contribution in [1.29, 1.82) is 0 Å². The summed E-state index contributed by atoms with van der Waals surface area (Å²) < 4.78 is 27.0. The Morgan fingerprint density at radius 2 is 2.12 bits per heavy atom. The van der Waals surface area contributed by atoms with E-state index in [1.165, 1.54) is 18.2 Å². The van der Waals surface area contributed by atoms with Gasteiger partial charge in [-0.05, 0) is 31.1 Å². The van der Waals surface area contributed by atoms with Crippen LogP contribution in [0.4, 0.5) is 8.78 Å². The summed E-state index contributed by atoms with van der Waals surface area (Å²) in [5.74, 6) is -2.71. The van der Waals surface area contributed by atoms with Gasteiger partial charge >= 0.3 is 5.97 Å². The lowest BCUT2D eigenvalue weighted by Gasteiger charge is -2.27. The molecule has 1 unspecified atom stereocenters. The molecule has 0 amide bonds. The zero-order chi connectivity index (χ0) is 18.1. The van der Waals surface area contributed by atoms with Crippen molar-refractivity contribution < 1.29 is 23.5 Å². The minimum Gasteiger partial charge on any atom is -0.481 e. The molecule has 2 aliphatic rings. The van der Waals surface area contributed by atoms with E-state index in [1.807, 2.05) is 11.8 Å². The molecule has 25 heavy (non-hydrogen) atoms. The average molecular weight is 365 g/mol. The van der Waals surface area contributed by atoms with Crippen LogP contribution in [0.5, 0.6) is 0 Å². The van der Waals surface area contributed by atoms with Gasteiger partial charge in [0.05, 0.1) is 5.92 Å². The lowest BCUT2D eigenvalue weighted by atomic mass is 10.0. The molecule has 132 valence electrons. The first-order valence-electron chi connectivity index (χ1n) is 7.90. The second-order valence-corrected chi connectivity index (χ2v) is 7.30. The first-order valence-corrected chi connectivity index (χ1v) is 8.72. The van der Waals surface area contributed by atoms with E-state index in [4.69, 9.17) is 5.11 Å². The molecule has 0 radical (unpaired) electrons. The van der Waals surface area contributed by atoms with E-state index in [0.29, 0.717) is 30.1 Å². The monoisotopic (exact) mass is 365 g/mol. The third-order valence-corrected chi connectivity index (χ3v) is 5.69. The fourth-order valence-corrected chi connectivity index (χ4v) is 4.09. The number of thioether (sulfide) groups is 1. The molecule has 1 N–H and O–H groups in total. The molecule has 1 aromatic carbocycles. The highest BCUT2D eigenvalue weighted by molar-refractivity contribution is 8.03. The molecule has 3 rings (SSSR count). The molecule has 1 aliphatic heterocycles. The highest BCUT2D eigenvalue weighted by Gasteiger charge is 2.32. The SMILES string of the molecule is CC1=C(Sc2ccc(F)cc2F)CC(=O)C=C1N1CCC(C(=O)O)C1. The summed E-state index contributed by atoms with van der Waals surface area (Å²) in [5.41, 5.74) is 1.53. The number of hydrogen-bond acceptors (Lipinski definition) is 4. The van der Waals surface area contributed by atoms with Crippen molar-refractivity contribution in [1.82, 2.24) is 4.90 Å². The van der Waals surface area contributed by atoms with Crippen molar-refractivity contribution in [2.45, 2.75) is 24.7 Å². The van der Waals surface area contributed by atoms with Gasteiger partial charge in [0.15, 0.2) is 5.78 Å². The Kier molecular flexibility index (Phi) is 4.94. The van der Waals surface area contributed by atoms with Gasteiger partial charge in [-0.1, -0.05) is 11.8 Å². The number of hydrogen-bond donors (Lipinski definition) is 1. The highest BCUT2D eigenvalue weighted by Crippen LogP contribution is 2.39. The Bertz CT molecular complexity index is 804. The van der Waals surface area contributed by atoms with E-state index >= 15 is 0 Å². The summed E-state index contributed by atoms with van der Waals surface area (Å²) in [6.45, 7) is 2.76. The Balaban J connectivity index is 1.85. The maximum atomic E-state index is 13.9. The smallest absolute Gasteiger partial charge is 0.308 e. The normalized spacial score (nSPS) is 20.9. The fraction of sp³-hybridized carbons (Fsp3) is 0.333. The van der Waals surface area contributed by atoms with Crippen LogP contribution in [0.2, 0.25) is 0 Å². The third kappa shape index (κ3) is 3.76. The van der Waals surface area contributed by atoms with E-state index in [1.54, 1.807) is 0 Å².